The van der Waals surface area contributed by atoms with Gasteiger partial charge >= 0.3 is 6.18 Å². The Morgan fingerprint density at radius 3 is 2.66 bits per heavy atom. The summed E-state index contributed by atoms with van der Waals surface area (Å²) in [5, 5.41) is 37.6. The summed E-state index contributed by atoms with van der Waals surface area (Å²) in [4.78, 5) is 14.3. The number of aliphatic hydroxyl groups is 3. The van der Waals surface area contributed by atoms with E-state index in [1.54, 1.807) is 6.92 Å². The molecule has 2 heterocycles. The summed E-state index contributed by atoms with van der Waals surface area (Å²) >= 11 is 1.44. The van der Waals surface area contributed by atoms with Crippen LogP contribution in [0.5, 0.6) is 0 Å². The number of thiazole rings is 1. The molecule has 0 amide bonds. The van der Waals surface area contributed by atoms with Crippen LogP contribution in [0.1, 0.15) is 48.9 Å². The molecule has 5 atom stereocenters. The Morgan fingerprint density at radius 1 is 1.20 bits per heavy atom. The average molecular weight is 514 g/mol. The molecule has 1 saturated carbocycles. The van der Waals surface area contributed by atoms with Crippen LogP contribution < -0.4 is 10.6 Å². The van der Waals surface area contributed by atoms with Crippen LogP contribution in [0, 0.1) is 12.8 Å². The summed E-state index contributed by atoms with van der Waals surface area (Å²) in [7, 11) is 0. The van der Waals surface area contributed by atoms with Gasteiger partial charge in [-0.2, -0.15) is 18.2 Å². The van der Waals surface area contributed by atoms with Crippen molar-refractivity contribution in [2.75, 3.05) is 17.2 Å². The summed E-state index contributed by atoms with van der Waals surface area (Å²) in [6.07, 6.45) is -0.320. The lowest BCUT2D eigenvalue weighted by atomic mass is 9.95. The van der Waals surface area contributed by atoms with E-state index in [0.717, 1.165) is 29.8 Å². The van der Waals surface area contributed by atoms with Gasteiger partial charge in [0.05, 0.1) is 40.1 Å². The van der Waals surface area contributed by atoms with E-state index in [-0.39, 0.29) is 18.2 Å². The number of alkyl halides is 3. The van der Waals surface area contributed by atoms with Gasteiger partial charge in [0.1, 0.15) is 23.5 Å². The first kappa shape index (κ1) is 25.8. The smallest absolute Gasteiger partial charge is 0.393 e. The van der Waals surface area contributed by atoms with Gasteiger partial charge in [-0.3, -0.25) is 0 Å². The molecular formula is C23H30F3N5O3S. The average Bonchev–Trinajstić information content (AvgIpc) is 3.33. The van der Waals surface area contributed by atoms with Crippen LogP contribution >= 0.6 is 11.3 Å². The zero-order valence-electron chi connectivity index (χ0n) is 19.5. The molecule has 0 aromatic carbocycles. The van der Waals surface area contributed by atoms with Gasteiger partial charge in [-0.1, -0.05) is 19.4 Å². The van der Waals surface area contributed by atoms with Gasteiger partial charge in [0.25, 0.3) is 0 Å². The normalized spacial score (nSPS) is 24.9. The lowest BCUT2D eigenvalue weighted by Gasteiger charge is -2.21. The number of halogens is 3. The molecule has 2 aliphatic rings. The number of aromatic nitrogens is 3. The Hall–Kier alpha value is -2.28. The molecule has 4 rings (SSSR count). The zero-order valence-corrected chi connectivity index (χ0v) is 20.3. The summed E-state index contributed by atoms with van der Waals surface area (Å²) in [5.74, 6) is -0.518. The van der Waals surface area contributed by atoms with E-state index >= 15 is 0 Å². The lowest BCUT2D eigenvalue weighted by molar-refractivity contribution is -0.115. The lowest BCUT2D eigenvalue weighted by Crippen LogP contribution is -2.37. The first-order valence-corrected chi connectivity index (χ1v) is 12.6. The number of aliphatic hydroxyl groups excluding tert-OH is 3. The first-order valence-electron chi connectivity index (χ1n) is 11.7. The standard InChI is InChI=1S/C23H30F3N5O3S/c1-3-6-15(32)12-9-14(19(34)18(12)33)29-20-17(21-30-13-7-4-5-8-16(13)35-21)11(2)28-22(31-20)27-10-23(24,25)26/h5,8,12,14-15,18-19,32-34H,3-4,6-7,9-10H2,1-2H3,(H2,27,28,29,31). The predicted octanol–water partition coefficient (Wildman–Crippen LogP) is 3.53. The summed E-state index contributed by atoms with van der Waals surface area (Å²) < 4.78 is 38.4. The van der Waals surface area contributed by atoms with E-state index in [1.807, 2.05) is 13.0 Å². The van der Waals surface area contributed by atoms with Crippen LogP contribution in [0.15, 0.2) is 6.08 Å². The Morgan fingerprint density at radius 2 is 1.97 bits per heavy atom. The van der Waals surface area contributed by atoms with Crippen LogP contribution in [-0.4, -0.2) is 67.3 Å². The maximum Gasteiger partial charge on any atom is 0.405 e. The molecule has 0 bridgehead atoms. The highest BCUT2D eigenvalue weighted by molar-refractivity contribution is 7.16. The molecule has 0 aliphatic heterocycles. The van der Waals surface area contributed by atoms with E-state index in [2.05, 4.69) is 26.7 Å². The fraction of sp³-hybridized carbons (Fsp3) is 0.609. The van der Waals surface area contributed by atoms with Crippen molar-refractivity contribution in [3.63, 3.8) is 0 Å². The largest absolute Gasteiger partial charge is 0.405 e. The predicted molar refractivity (Wildman–Crippen MR) is 128 cm³/mol. The van der Waals surface area contributed by atoms with Crippen LogP contribution in [0.25, 0.3) is 16.6 Å². The van der Waals surface area contributed by atoms with Crippen LogP contribution in [0.4, 0.5) is 24.9 Å². The fourth-order valence-electron chi connectivity index (χ4n) is 4.66. The third-order valence-electron chi connectivity index (χ3n) is 6.42. The Labute approximate surface area is 205 Å². The maximum absolute atomic E-state index is 12.8. The molecule has 8 nitrogen and oxygen atoms in total. The van der Waals surface area contributed by atoms with Gasteiger partial charge in [-0.05, 0) is 38.7 Å². The van der Waals surface area contributed by atoms with Crippen LogP contribution in [0.3, 0.4) is 0 Å². The summed E-state index contributed by atoms with van der Waals surface area (Å²) in [6.45, 7) is 2.30. The van der Waals surface area contributed by atoms with E-state index < -0.39 is 43.0 Å². The van der Waals surface area contributed by atoms with Crippen molar-refractivity contribution in [2.45, 2.75) is 76.5 Å². The molecule has 2 aromatic heterocycles. The van der Waals surface area contributed by atoms with Gasteiger partial charge in [0.2, 0.25) is 5.95 Å². The summed E-state index contributed by atoms with van der Waals surface area (Å²) in [5.41, 5.74) is 1.91. The highest BCUT2D eigenvalue weighted by Crippen LogP contribution is 2.39. The van der Waals surface area contributed by atoms with Gasteiger partial charge in [0, 0.05) is 5.92 Å². The molecule has 5 N–H and O–H groups in total. The monoisotopic (exact) mass is 513 g/mol. The van der Waals surface area contributed by atoms with E-state index in [1.165, 1.54) is 11.3 Å². The topological polar surface area (TPSA) is 123 Å². The van der Waals surface area contributed by atoms with E-state index in [9.17, 15) is 28.5 Å². The molecule has 192 valence electrons. The number of fused-ring (bicyclic) bond motifs is 1. The van der Waals surface area contributed by atoms with Crippen molar-refractivity contribution in [2.24, 2.45) is 5.92 Å². The van der Waals surface area contributed by atoms with E-state index in [0.29, 0.717) is 22.7 Å². The first-order chi connectivity index (χ1) is 16.6. The number of rotatable bonds is 8. The number of aryl methyl sites for hydroxylation is 2. The SMILES string of the molecule is CCCC(O)C1CC(Nc2nc(NCC(F)(F)F)nc(C)c2-c2nc3c(s2)C=CCC3)C(O)C1O. The van der Waals surface area contributed by atoms with Crippen molar-refractivity contribution >= 4 is 29.2 Å². The number of nitrogens with zero attached hydrogens (tertiary/aromatic N) is 3. The Bertz CT molecular complexity index is 1080. The van der Waals surface area contributed by atoms with Gasteiger partial charge in [0.15, 0.2) is 0 Å². The zero-order chi connectivity index (χ0) is 25.3. The fourth-order valence-corrected chi connectivity index (χ4v) is 5.80. The van der Waals surface area contributed by atoms with Gasteiger partial charge in [-0.25, -0.2) is 9.97 Å². The van der Waals surface area contributed by atoms with E-state index in [4.69, 9.17) is 4.98 Å². The van der Waals surface area contributed by atoms with Crippen molar-refractivity contribution in [1.29, 1.82) is 0 Å². The minimum atomic E-state index is -4.45. The highest BCUT2D eigenvalue weighted by atomic mass is 32.1. The molecule has 1 fully saturated rings. The third-order valence-corrected chi connectivity index (χ3v) is 7.50. The number of hydrogen-bond acceptors (Lipinski definition) is 9. The molecule has 0 radical (unpaired) electrons. The van der Waals surface area contributed by atoms with Crippen molar-refractivity contribution in [3.05, 3.63) is 22.3 Å². The quantitative estimate of drug-likeness (QED) is 0.363. The summed E-state index contributed by atoms with van der Waals surface area (Å²) in [6, 6.07) is -0.667. The second kappa shape index (κ2) is 10.4. The minimum Gasteiger partial charge on any atom is -0.393 e. The van der Waals surface area contributed by atoms with Crippen molar-refractivity contribution < 1.29 is 28.5 Å². The van der Waals surface area contributed by atoms with Gasteiger partial charge in [-0.15, -0.1) is 11.3 Å². The van der Waals surface area contributed by atoms with Gasteiger partial charge < -0.3 is 26.0 Å². The minimum absolute atomic E-state index is 0.206. The Balaban J connectivity index is 1.68. The second-order valence-corrected chi connectivity index (χ2v) is 10.1. The molecular weight excluding hydrogens is 483 g/mol. The number of nitrogens with one attached hydrogen (secondary N) is 2. The number of allylic oxidation sites excluding steroid dienone is 1. The van der Waals surface area contributed by atoms with Crippen LogP contribution in [-0.2, 0) is 6.42 Å². The highest BCUT2D eigenvalue weighted by Gasteiger charge is 2.45. The molecule has 35 heavy (non-hydrogen) atoms. The second-order valence-electron chi connectivity index (χ2n) is 9.08. The number of anilines is 2. The Kier molecular flexibility index (Phi) is 7.65. The van der Waals surface area contributed by atoms with Crippen LogP contribution in [0.2, 0.25) is 0 Å². The number of hydrogen-bond donors (Lipinski definition) is 5. The molecule has 5 unspecified atom stereocenters. The van der Waals surface area contributed by atoms with Crippen molar-refractivity contribution in [3.8, 4) is 10.6 Å². The molecule has 12 heteroatoms. The molecule has 0 saturated heterocycles. The van der Waals surface area contributed by atoms with Crippen molar-refractivity contribution in [1.82, 2.24) is 15.0 Å². The molecule has 2 aromatic rings. The molecule has 2 aliphatic carbocycles. The third kappa shape index (κ3) is 5.76. The maximum atomic E-state index is 12.8. The molecule has 0 spiro atoms.